The van der Waals surface area contributed by atoms with Crippen LogP contribution in [-0.4, -0.2) is 45.5 Å². The van der Waals surface area contributed by atoms with E-state index in [0.717, 1.165) is 22.4 Å². The van der Waals surface area contributed by atoms with Crippen molar-refractivity contribution >= 4 is 29.1 Å². The molecule has 1 aliphatic heterocycles. The first-order chi connectivity index (χ1) is 12.0. The predicted molar refractivity (Wildman–Crippen MR) is 92.8 cm³/mol. The van der Waals surface area contributed by atoms with Gasteiger partial charge in [0.15, 0.2) is 0 Å². The van der Waals surface area contributed by atoms with Crippen LogP contribution in [0.1, 0.15) is 17.5 Å². The number of nitrogens with zero attached hydrogens (tertiary/aromatic N) is 3. The first kappa shape index (κ1) is 17.3. The Morgan fingerprint density at radius 1 is 1.40 bits per heavy atom. The number of likely N-dealkylation sites (tertiary alicyclic amines) is 1. The maximum atomic E-state index is 12.4. The third-order valence-electron chi connectivity index (χ3n) is 4.20. The Balaban J connectivity index is 1.49. The van der Waals surface area contributed by atoms with E-state index in [1.807, 2.05) is 23.0 Å². The molecule has 1 N–H and O–H groups in total. The fourth-order valence-corrected chi connectivity index (χ4v) is 3.62. The van der Waals surface area contributed by atoms with Gasteiger partial charge in [-0.25, -0.2) is 0 Å². The zero-order chi connectivity index (χ0) is 17.8. The molecule has 0 aromatic carbocycles. The number of aryl methyl sites for hydroxylation is 1. The molecule has 25 heavy (non-hydrogen) atoms. The summed E-state index contributed by atoms with van der Waals surface area (Å²) in [4.78, 5) is 37.6. The van der Waals surface area contributed by atoms with Crippen molar-refractivity contribution in [3.63, 3.8) is 0 Å². The van der Waals surface area contributed by atoms with Crippen molar-refractivity contribution in [3.8, 4) is 0 Å². The summed E-state index contributed by atoms with van der Waals surface area (Å²) in [5, 5.41) is 10.8. The van der Waals surface area contributed by atoms with Gasteiger partial charge >= 0.3 is 0 Å². The second-order valence-corrected chi connectivity index (χ2v) is 6.96. The number of imide groups is 1. The van der Waals surface area contributed by atoms with E-state index in [1.165, 1.54) is 0 Å². The van der Waals surface area contributed by atoms with Crippen LogP contribution >= 0.6 is 11.3 Å². The van der Waals surface area contributed by atoms with Gasteiger partial charge < -0.3 is 5.32 Å². The lowest BCUT2D eigenvalue weighted by molar-refractivity contribution is -0.143. The van der Waals surface area contributed by atoms with Crippen molar-refractivity contribution in [2.45, 2.75) is 19.3 Å². The van der Waals surface area contributed by atoms with Crippen LogP contribution in [-0.2, 0) is 34.3 Å². The van der Waals surface area contributed by atoms with E-state index in [9.17, 15) is 14.4 Å². The summed E-state index contributed by atoms with van der Waals surface area (Å²) in [6.07, 6.45) is 4.88. The molecular weight excluding hydrogens is 340 g/mol. The number of thiophene rings is 1. The van der Waals surface area contributed by atoms with Gasteiger partial charge in [-0.3, -0.25) is 24.0 Å². The van der Waals surface area contributed by atoms with Crippen LogP contribution in [0.25, 0.3) is 0 Å². The average Bonchev–Trinajstić information content (AvgIpc) is 3.27. The zero-order valence-electron chi connectivity index (χ0n) is 14.0. The third-order valence-corrected chi connectivity index (χ3v) is 4.93. The smallest absolute Gasteiger partial charge is 0.240 e. The minimum Gasteiger partial charge on any atom is -0.354 e. The molecule has 0 bridgehead atoms. The SMILES string of the molecule is Cn1cc(CC2CC(=O)N(CC(=O)NCCc3ccsc3)C2=O)cn1. The van der Waals surface area contributed by atoms with Gasteiger partial charge in [0.2, 0.25) is 17.7 Å². The Labute approximate surface area is 149 Å². The summed E-state index contributed by atoms with van der Waals surface area (Å²) < 4.78 is 1.66. The van der Waals surface area contributed by atoms with E-state index in [4.69, 9.17) is 0 Å². The monoisotopic (exact) mass is 360 g/mol. The lowest BCUT2D eigenvalue weighted by Crippen LogP contribution is -2.41. The summed E-state index contributed by atoms with van der Waals surface area (Å²) >= 11 is 1.61. The van der Waals surface area contributed by atoms with Crippen LogP contribution in [0, 0.1) is 5.92 Å². The van der Waals surface area contributed by atoms with E-state index in [2.05, 4.69) is 10.4 Å². The molecule has 0 aliphatic carbocycles. The number of aromatic nitrogens is 2. The number of amides is 3. The quantitative estimate of drug-likeness (QED) is 0.739. The van der Waals surface area contributed by atoms with Gasteiger partial charge in [-0.1, -0.05) is 0 Å². The summed E-state index contributed by atoms with van der Waals surface area (Å²) in [5.41, 5.74) is 2.07. The normalized spacial score (nSPS) is 17.3. The molecule has 3 amide bonds. The number of carbonyl (C=O) groups excluding carboxylic acids is 3. The molecule has 1 fully saturated rings. The van der Waals surface area contributed by atoms with Crippen LogP contribution < -0.4 is 5.32 Å². The predicted octanol–water partition coefficient (Wildman–Crippen LogP) is 0.758. The minimum atomic E-state index is -0.407. The van der Waals surface area contributed by atoms with Crippen LogP contribution in [0.4, 0.5) is 0 Å². The number of carbonyl (C=O) groups is 3. The van der Waals surface area contributed by atoms with Crippen LogP contribution in [0.5, 0.6) is 0 Å². The van der Waals surface area contributed by atoms with E-state index >= 15 is 0 Å². The average molecular weight is 360 g/mol. The van der Waals surface area contributed by atoms with Gasteiger partial charge in [0, 0.05) is 26.2 Å². The highest BCUT2D eigenvalue weighted by atomic mass is 32.1. The molecule has 1 aliphatic rings. The van der Waals surface area contributed by atoms with Gasteiger partial charge in [0.1, 0.15) is 6.54 Å². The number of hydrogen-bond acceptors (Lipinski definition) is 5. The van der Waals surface area contributed by atoms with Gasteiger partial charge in [0.05, 0.1) is 12.1 Å². The standard InChI is InChI=1S/C17H20N4O3S/c1-20-9-13(8-19-20)6-14-7-16(23)21(17(14)24)10-15(22)18-4-2-12-3-5-25-11-12/h3,5,8-9,11,14H,2,4,6-7,10H2,1H3,(H,18,22). The molecule has 3 rings (SSSR count). The fraction of sp³-hybridized carbons (Fsp3) is 0.412. The first-order valence-electron chi connectivity index (χ1n) is 8.12. The van der Waals surface area contributed by atoms with Crippen molar-refractivity contribution < 1.29 is 14.4 Å². The van der Waals surface area contributed by atoms with E-state index in [0.29, 0.717) is 13.0 Å². The van der Waals surface area contributed by atoms with Crippen LogP contribution in [0.15, 0.2) is 29.2 Å². The molecule has 132 valence electrons. The fourth-order valence-electron chi connectivity index (χ4n) is 2.92. The summed E-state index contributed by atoms with van der Waals surface area (Å²) in [5.74, 6) is -1.28. The highest BCUT2D eigenvalue weighted by molar-refractivity contribution is 7.07. The van der Waals surface area contributed by atoms with Crippen molar-refractivity contribution in [1.29, 1.82) is 0 Å². The lowest BCUT2D eigenvalue weighted by Gasteiger charge is -2.14. The van der Waals surface area contributed by atoms with Crippen molar-refractivity contribution in [2.24, 2.45) is 13.0 Å². The van der Waals surface area contributed by atoms with Gasteiger partial charge in [-0.2, -0.15) is 16.4 Å². The maximum absolute atomic E-state index is 12.4. The topological polar surface area (TPSA) is 84.3 Å². The molecule has 3 heterocycles. The third kappa shape index (κ3) is 4.33. The van der Waals surface area contributed by atoms with Crippen LogP contribution in [0.2, 0.25) is 0 Å². The molecule has 1 saturated heterocycles. The second-order valence-electron chi connectivity index (χ2n) is 6.18. The van der Waals surface area contributed by atoms with Crippen molar-refractivity contribution in [2.75, 3.05) is 13.1 Å². The minimum absolute atomic E-state index is 0.149. The molecule has 2 aromatic rings. The molecule has 8 heteroatoms. The van der Waals surface area contributed by atoms with Gasteiger partial charge in [-0.15, -0.1) is 0 Å². The van der Waals surface area contributed by atoms with E-state index in [-0.39, 0.29) is 30.7 Å². The summed E-state index contributed by atoms with van der Waals surface area (Å²) in [6, 6.07) is 2.01. The molecule has 0 radical (unpaired) electrons. The largest absolute Gasteiger partial charge is 0.354 e. The number of nitrogens with one attached hydrogen (secondary N) is 1. The molecule has 2 aromatic heterocycles. The molecule has 1 atom stereocenters. The Morgan fingerprint density at radius 2 is 2.24 bits per heavy atom. The Hall–Kier alpha value is -2.48. The zero-order valence-corrected chi connectivity index (χ0v) is 14.8. The Bertz CT molecular complexity index is 769. The Kier molecular flexibility index (Phi) is 5.28. The molecule has 1 unspecified atom stereocenters. The highest BCUT2D eigenvalue weighted by Crippen LogP contribution is 2.23. The second kappa shape index (κ2) is 7.60. The highest BCUT2D eigenvalue weighted by Gasteiger charge is 2.39. The molecule has 7 nitrogen and oxygen atoms in total. The first-order valence-corrected chi connectivity index (χ1v) is 9.06. The number of hydrogen-bond donors (Lipinski definition) is 1. The van der Waals surface area contributed by atoms with E-state index in [1.54, 1.807) is 29.3 Å². The Morgan fingerprint density at radius 3 is 2.92 bits per heavy atom. The molecular formula is C17H20N4O3S. The van der Waals surface area contributed by atoms with Gasteiger partial charge in [-0.05, 0) is 40.8 Å². The van der Waals surface area contributed by atoms with E-state index < -0.39 is 5.92 Å². The molecule has 0 saturated carbocycles. The van der Waals surface area contributed by atoms with Crippen LogP contribution in [0.3, 0.4) is 0 Å². The van der Waals surface area contributed by atoms with Crippen molar-refractivity contribution in [3.05, 3.63) is 40.3 Å². The molecule has 0 spiro atoms. The summed E-state index contributed by atoms with van der Waals surface area (Å²) in [7, 11) is 1.80. The lowest BCUT2D eigenvalue weighted by atomic mass is 10.0. The number of rotatable bonds is 7. The maximum Gasteiger partial charge on any atom is 0.240 e. The summed E-state index contributed by atoms with van der Waals surface area (Å²) in [6.45, 7) is 0.287. The van der Waals surface area contributed by atoms with Gasteiger partial charge in [0.25, 0.3) is 0 Å². The van der Waals surface area contributed by atoms with Crippen molar-refractivity contribution in [1.82, 2.24) is 20.0 Å².